The Hall–Kier alpha value is -3.28. The highest BCUT2D eigenvalue weighted by Gasteiger charge is 2.31. The van der Waals surface area contributed by atoms with Crippen molar-refractivity contribution >= 4 is 23.9 Å². The lowest BCUT2D eigenvalue weighted by atomic mass is 9.98. The summed E-state index contributed by atoms with van der Waals surface area (Å²) < 4.78 is 0. The molecule has 2 rings (SSSR count). The standard InChI is InChI=1S/C20H20N2O4/c1-4-8-14(12-23)15(5-2)19(25)21(3)13-22-11-18(24)16-9-6-7-10-17(16)20(22)26/h4-10,12H,2,11,13H2,1,3H3/b8-4-,15-14-. The first-order valence-electron chi connectivity index (χ1n) is 8.06. The van der Waals surface area contributed by atoms with Crippen LogP contribution in [0.2, 0.25) is 0 Å². The Kier molecular flexibility index (Phi) is 6.01. The van der Waals surface area contributed by atoms with Crippen molar-refractivity contribution < 1.29 is 19.2 Å². The van der Waals surface area contributed by atoms with Crippen molar-refractivity contribution in [2.45, 2.75) is 6.92 Å². The molecule has 0 atom stereocenters. The van der Waals surface area contributed by atoms with Crippen LogP contribution >= 0.6 is 0 Å². The number of benzene rings is 1. The van der Waals surface area contributed by atoms with Gasteiger partial charge in [0.25, 0.3) is 11.8 Å². The van der Waals surface area contributed by atoms with Crippen molar-refractivity contribution in [2.24, 2.45) is 0 Å². The lowest BCUT2D eigenvalue weighted by Crippen LogP contribution is -2.48. The zero-order valence-electron chi connectivity index (χ0n) is 14.8. The lowest BCUT2D eigenvalue weighted by Gasteiger charge is -2.31. The zero-order valence-corrected chi connectivity index (χ0v) is 14.8. The van der Waals surface area contributed by atoms with Crippen LogP contribution in [0.4, 0.5) is 0 Å². The summed E-state index contributed by atoms with van der Waals surface area (Å²) >= 11 is 0. The second-order valence-electron chi connectivity index (χ2n) is 5.81. The van der Waals surface area contributed by atoms with Crippen molar-refractivity contribution in [3.8, 4) is 0 Å². The third-order valence-electron chi connectivity index (χ3n) is 4.03. The average molecular weight is 352 g/mol. The number of amides is 2. The molecule has 0 fully saturated rings. The van der Waals surface area contributed by atoms with Crippen LogP contribution in [0.3, 0.4) is 0 Å². The van der Waals surface area contributed by atoms with E-state index in [1.165, 1.54) is 29.0 Å². The molecule has 134 valence electrons. The molecular formula is C20H20N2O4. The first-order chi connectivity index (χ1) is 12.4. The Balaban J connectivity index is 2.24. The number of hydrogen-bond donors (Lipinski definition) is 0. The van der Waals surface area contributed by atoms with E-state index in [2.05, 4.69) is 6.58 Å². The minimum absolute atomic E-state index is 0.0724. The maximum atomic E-state index is 12.6. The van der Waals surface area contributed by atoms with Crippen LogP contribution in [-0.4, -0.2) is 53.9 Å². The van der Waals surface area contributed by atoms with Crippen molar-refractivity contribution in [3.05, 3.63) is 71.3 Å². The van der Waals surface area contributed by atoms with Gasteiger partial charge in [0.05, 0.1) is 18.8 Å². The summed E-state index contributed by atoms with van der Waals surface area (Å²) in [5, 5.41) is 0. The van der Waals surface area contributed by atoms with E-state index in [0.717, 1.165) is 0 Å². The molecule has 0 saturated carbocycles. The van der Waals surface area contributed by atoms with E-state index in [4.69, 9.17) is 0 Å². The Bertz CT molecular complexity index is 836. The normalized spacial score (nSPS) is 14.8. The molecule has 0 aliphatic carbocycles. The minimum Gasteiger partial charge on any atom is -0.324 e. The number of aldehydes is 1. The number of nitrogens with zero attached hydrogens (tertiary/aromatic N) is 2. The molecule has 0 N–H and O–H groups in total. The third kappa shape index (κ3) is 3.69. The van der Waals surface area contributed by atoms with E-state index >= 15 is 0 Å². The molecule has 1 aliphatic heterocycles. The van der Waals surface area contributed by atoms with Crippen molar-refractivity contribution in [1.82, 2.24) is 9.80 Å². The summed E-state index contributed by atoms with van der Waals surface area (Å²) in [7, 11) is 1.50. The molecule has 2 amide bonds. The van der Waals surface area contributed by atoms with Crippen molar-refractivity contribution in [1.29, 1.82) is 0 Å². The molecule has 6 nitrogen and oxygen atoms in total. The number of Topliss-reactive ketones (excluding diaryl/α,β-unsaturated/α-hetero) is 1. The van der Waals surface area contributed by atoms with Crippen LogP contribution in [0.15, 0.2) is 60.2 Å². The summed E-state index contributed by atoms with van der Waals surface area (Å²) in [6, 6.07) is 6.61. The molecule has 1 aromatic rings. The van der Waals surface area contributed by atoms with Gasteiger partial charge in [0.2, 0.25) is 0 Å². The third-order valence-corrected chi connectivity index (χ3v) is 4.03. The molecule has 1 aromatic carbocycles. The summed E-state index contributed by atoms with van der Waals surface area (Å²) in [6.07, 6.45) is 5.04. The van der Waals surface area contributed by atoms with E-state index in [-0.39, 0.29) is 36.1 Å². The van der Waals surface area contributed by atoms with E-state index in [1.54, 1.807) is 37.3 Å². The predicted octanol–water partition coefficient (Wildman–Crippen LogP) is 2.00. The highest BCUT2D eigenvalue weighted by Crippen LogP contribution is 2.19. The fourth-order valence-corrected chi connectivity index (χ4v) is 2.75. The van der Waals surface area contributed by atoms with Gasteiger partial charge < -0.3 is 9.80 Å². The molecule has 0 saturated heterocycles. The van der Waals surface area contributed by atoms with Crippen LogP contribution < -0.4 is 0 Å². The molecule has 0 radical (unpaired) electrons. The number of ketones is 1. The van der Waals surface area contributed by atoms with Gasteiger partial charge >= 0.3 is 0 Å². The number of allylic oxidation sites excluding steroid dienone is 3. The number of rotatable bonds is 6. The van der Waals surface area contributed by atoms with Crippen LogP contribution in [0.1, 0.15) is 27.6 Å². The topological polar surface area (TPSA) is 74.8 Å². The van der Waals surface area contributed by atoms with Gasteiger partial charge in [-0.3, -0.25) is 19.2 Å². The van der Waals surface area contributed by atoms with Gasteiger partial charge in [-0.05, 0) is 13.0 Å². The first kappa shape index (κ1) is 19.1. The van der Waals surface area contributed by atoms with Crippen LogP contribution in [-0.2, 0) is 9.59 Å². The molecule has 6 heteroatoms. The highest BCUT2D eigenvalue weighted by molar-refractivity contribution is 6.13. The van der Waals surface area contributed by atoms with E-state index in [0.29, 0.717) is 17.4 Å². The van der Waals surface area contributed by atoms with E-state index < -0.39 is 5.91 Å². The molecule has 0 unspecified atom stereocenters. The highest BCUT2D eigenvalue weighted by atomic mass is 16.2. The predicted molar refractivity (Wildman–Crippen MR) is 97.5 cm³/mol. The molecule has 26 heavy (non-hydrogen) atoms. The second-order valence-corrected chi connectivity index (χ2v) is 5.81. The Morgan fingerprint density at radius 2 is 1.92 bits per heavy atom. The van der Waals surface area contributed by atoms with Crippen LogP contribution in [0.25, 0.3) is 0 Å². The average Bonchev–Trinajstić information content (AvgIpc) is 2.65. The first-order valence-corrected chi connectivity index (χ1v) is 8.06. The molecule has 0 aromatic heterocycles. The van der Waals surface area contributed by atoms with Gasteiger partial charge in [0.15, 0.2) is 12.1 Å². The smallest absolute Gasteiger partial charge is 0.256 e. The van der Waals surface area contributed by atoms with E-state index in [1.807, 2.05) is 0 Å². The van der Waals surface area contributed by atoms with Gasteiger partial charge in [-0.1, -0.05) is 43.0 Å². The van der Waals surface area contributed by atoms with Crippen molar-refractivity contribution in [2.75, 3.05) is 20.3 Å². The van der Waals surface area contributed by atoms with E-state index in [9.17, 15) is 19.2 Å². The SMILES string of the molecule is C=C/C(C(=O)N(C)CN1CC(=O)c2ccccc2C1=O)=C(C=O)\C=C/C. The number of carbonyl (C=O) groups excluding carboxylic acids is 4. The largest absolute Gasteiger partial charge is 0.324 e. The van der Waals surface area contributed by atoms with Gasteiger partial charge in [-0.25, -0.2) is 0 Å². The molecule has 1 heterocycles. The maximum Gasteiger partial charge on any atom is 0.256 e. The van der Waals surface area contributed by atoms with Gasteiger partial charge in [0, 0.05) is 23.8 Å². The van der Waals surface area contributed by atoms with Gasteiger partial charge in [-0.2, -0.15) is 0 Å². The Labute approximate surface area is 152 Å². The molecule has 0 spiro atoms. The number of likely N-dealkylation sites (N-methyl/N-ethyl adjacent to an activating group) is 1. The fraction of sp³-hybridized carbons (Fsp3) is 0.200. The zero-order chi connectivity index (χ0) is 19.3. The molecular weight excluding hydrogens is 332 g/mol. The van der Waals surface area contributed by atoms with Gasteiger partial charge in [-0.15, -0.1) is 0 Å². The van der Waals surface area contributed by atoms with Crippen molar-refractivity contribution in [3.63, 3.8) is 0 Å². The summed E-state index contributed by atoms with van der Waals surface area (Å²) in [4.78, 5) is 51.3. The molecule has 0 bridgehead atoms. The number of hydrogen-bond acceptors (Lipinski definition) is 4. The van der Waals surface area contributed by atoms with Crippen LogP contribution in [0.5, 0.6) is 0 Å². The second kappa shape index (κ2) is 8.20. The fourth-order valence-electron chi connectivity index (χ4n) is 2.75. The summed E-state index contributed by atoms with van der Waals surface area (Å²) in [5.74, 6) is -0.949. The van der Waals surface area contributed by atoms with Gasteiger partial charge in [0.1, 0.15) is 0 Å². The number of carbonyl (C=O) groups is 4. The Morgan fingerprint density at radius 3 is 2.50 bits per heavy atom. The monoisotopic (exact) mass is 352 g/mol. The summed E-state index contributed by atoms with van der Waals surface area (Å²) in [5.41, 5.74) is 1.06. The molecule has 1 aliphatic rings. The minimum atomic E-state index is -0.459. The summed E-state index contributed by atoms with van der Waals surface area (Å²) in [6.45, 7) is 5.14. The Morgan fingerprint density at radius 1 is 1.27 bits per heavy atom. The maximum absolute atomic E-state index is 12.6. The number of fused-ring (bicyclic) bond motifs is 1. The quantitative estimate of drug-likeness (QED) is 0.446. The lowest BCUT2D eigenvalue weighted by molar-refractivity contribution is -0.127. The van der Waals surface area contributed by atoms with Crippen LogP contribution in [0, 0.1) is 0 Å².